The summed E-state index contributed by atoms with van der Waals surface area (Å²) in [5, 5.41) is 2.84. The fraction of sp³-hybridized carbons (Fsp3) is 0.526. The van der Waals surface area contributed by atoms with Crippen LogP contribution in [0.5, 0.6) is 0 Å². The summed E-state index contributed by atoms with van der Waals surface area (Å²) < 4.78 is 2.01. The highest BCUT2D eigenvalue weighted by atomic mass is 35.5. The molecule has 1 aromatic carbocycles. The standard InChI is InChI=1S/C19H27N5O2S.2ClH/c1-27-13-17-22-15-6-2-3-7-16(15)24(17)12-18(25)23-10-4-5-14(11-23)19(26)21-9-8-20;;/h2-3,6-7,14H,4-5,8-13,20H2,1H3,(H,21,26);2*1H. The number of nitrogens with zero attached hydrogens (tertiary/aromatic N) is 3. The summed E-state index contributed by atoms with van der Waals surface area (Å²) in [6.07, 6.45) is 3.68. The van der Waals surface area contributed by atoms with Crippen molar-refractivity contribution < 1.29 is 9.59 Å². The Labute approximate surface area is 188 Å². The van der Waals surface area contributed by atoms with E-state index in [1.165, 1.54) is 0 Å². The number of hydrogen-bond acceptors (Lipinski definition) is 5. The zero-order valence-corrected chi connectivity index (χ0v) is 19.0. The van der Waals surface area contributed by atoms with E-state index in [4.69, 9.17) is 5.73 Å². The van der Waals surface area contributed by atoms with Gasteiger partial charge in [0.25, 0.3) is 0 Å². The van der Waals surface area contributed by atoms with Crippen molar-refractivity contribution in [3.8, 4) is 0 Å². The van der Waals surface area contributed by atoms with Crippen molar-refractivity contribution >= 4 is 59.4 Å². The normalized spacial score (nSPS) is 16.1. The molecule has 1 aliphatic rings. The number of para-hydroxylation sites is 2. The maximum absolute atomic E-state index is 13.0. The molecule has 2 amide bonds. The Hall–Kier alpha value is -1.48. The third-order valence-electron chi connectivity index (χ3n) is 4.89. The average molecular weight is 462 g/mol. The first kappa shape index (κ1) is 25.6. The molecule has 10 heteroatoms. The molecule has 0 bridgehead atoms. The lowest BCUT2D eigenvalue weighted by molar-refractivity contribution is -0.136. The molecular formula is C19H29Cl2N5O2S. The molecule has 7 nitrogen and oxygen atoms in total. The zero-order chi connectivity index (χ0) is 19.2. The minimum absolute atomic E-state index is 0. The molecule has 162 valence electrons. The molecule has 2 heterocycles. The zero-order valence-electron chi connectivity index (χ0n) is 16.5. The first-order valence-corrected chi connectivity index (χ1v) is 10.7. The third kappa shape index (κ3) is 6.25. The quantitative estimate of drug-likeness (QED) is 0.657. The monoisotopic (exact) mass is 461 g/mol. The third-order valence-corrected chi connectivity index (χ3v) is 5.44. The van der Waals surface area contributed by atoms with Crippen LogP contribution in [0.25, 0.3) is 11.0 Å². The summed E-state index contributed by atoms with van der Waals surface area (Å²) in [6.45, 7) is 2.33. The number of thioether (sulfide) groups is 1. The van der Waals surface area contributed by atoms with Gasteiger partial charge in [-0.05, 0) is 31.2 Å². The molecule has 1 aliphatic heterocycles. The Morgan fingerprint density at radius 2 is 2.07 bits per heavy atom. The number of carbonyl (C=O) groups excluding carboxylic acids is 2. The number of nitrogens with two attached hydrogens (primary N) is 1. The number of hydrogen-bond donors (Lipinski definition) is 2. The first-order valence-electron chi connectivity index (χ1n) is 9.32. The predicted octanol–water partition coefficient (Wildman–Crippen LogP) is 2.06. The molecule has 1 aromatic heterocycles. The second kappa shape index (κ2) is 12.3. The second-order valence-electron chi connectivity index (χ2n) is 6.79. The van der Waals surface area contributed by atoms with Crippen LogP contribution in [0, 0.1) is 5.92 Å². The maximum Gasteiger partial charge on any atom is 0.242 e. The van der Waals surface area contributed by atoms with E-state index in [1.807, 2.05) is 40.0 Å². The van der Waals surface area contributed by atoms with Crippen LogP contribution in [-0.2, 0) is 21.9 Å². The fourth-order valence-corrected chi connectivity index (χ4v) is 4.01. The molecule has 2 aromatic rings. The predicted molar refractivity (Wildman–Crippen MR) is 123 cm³/mol. The molecule has 1 atom stereocenters. The molecular weight excluding hydrogens is 433 g/mol. The number of aromatic nitrogens is 2. The molecule has 29 heavy (non-hydrogen) atoms. The van der Waals surface area contributed by atoms with Gasteiger partial charge in [-0.2, -0.15) is 11.8 Å². The molecule has 1 fully saturated rings. The summed E-state index contributed by atoms with van der Waals surface area (Å²) >= 11 is 1.69. The molecule has 0 saturated carbocycles. The van der Waals surface area contributed by atoms with Crippen molar-refractivity contribution in [2.75, 3.05) is 32.4 Å². The number of rotatable bonds is 7. The van der Waals surface area contributed by atoms with Crippen molar-refractivity contribution in [1.82, 2.24) is 19.8 Å². The van der Waals surface area contributed by atoms with Crippen LogP contribution in [0.4, 0.5) is 0 Å². The minimum Gasteiger partial charge on any atom is -0.355 e. The lowest BCUT2D eigenvalue weighted by Crippen LogP contribution is -2.47. The Kier molecular flexibility index (Phi) is 10.8. The number of halogens is 2. The molecule has 3 N–H and O–H groups in total. The number of benzene rings is 1. The number of amides is 2. The lowest BCUT2D eigenvalue weighted by atomic mass is 9.97. The highest BCUT2D eigenvalue weighted by Crippen LogP contribution is 2.21. The van der Waals surface area contributed by atoms with Gasteiger partial charge in [0.1, 0.15) is 12.4 Å². The van der Waals surface area contributed by atoms with Crippen LogP contribution in [0.2, 0.25) is 0 Å². The van der Waals surface area contributed by atoms with Crippen LogP contribution >= 0.6 is 36.6 Å². The van der Waals surface area contributed by atoms with Gasteiger partial charge in [0.15, 0.2) is 0 Å². The Bertz CT molecular complexity index is 817. The SMILES string of the molecule is CSCc1nc2ccccc2n1CC(=O)N1CCCC(C(=O)NCCN)C1.Cl.Cl. The Balaban J connectivity index is 0.00000210. The highest BCUT2D eigenvalue weighted by Gasteiger charge is 2.28. The van der Waals surface area contributed by atoms with Gasteiger partial charge in [0, 0.05) is 26.2 Å². The summed E-state index contributed by atoms with van der Waals surface area (Å²) in [5.74, 6) is 1.54. The van der Waals surface area contributed by atoms with E-state index in [0.717, 1.165) is 35.5 Å². The van der Waals surface area contributed by atoms with Crippen LogP contribution in [0.15, 0.2) is 24.3 Å². The summed E-state index contributed by atoms with van der Waals surface area (Å²) in [4.78, 5) is 31.7. The lowest BCUT2D eigenvalue weighted by Gasteiger charge is -2.32. The van der Waals surface area contributed by atoms with Crippen LogP contribution in [0.3, 0.4) is 0 Å². The van der Waals surface area contributed by atoms with Crippen molar-refractivity contribution in [3.63, 3.8) is 0 Å². The summed E-state index contributed by atoms with van der Waals surface area (Å²) in [6, 6.07) is 7.89. The van der Waals surface area contributed by atoms with Crippen LogP contribution in [-0.4, -0.2) is 58.7 Å². The first-order chi connectivity index (χ1) is 13.1. The molecule has 3 rings (SSSR count). The van der Waals surface area contributed by atoms with Crippen LogP contribution < -0.4 is 11.1 Å². The van der Waals surface area contributed by atoms with Gasteiger partial charge in [-0.25, -0.2) is 4.98 Å². The minimum atomic E-state index is -0.153. The van der Waals surface area contributed by atoms with Crippen molar-refractivity contribution in [2.45, 2.75) is 25.1 Å². The van der Waals surface area contributed by atoms with Crippen molar-refractivity contribution in [2.24, 2.45) is 11.7 Å². The summed E-state index contributed by atoms with van der Waals surface area (Å²) in [5.41, 5.74) is 7.34. The van der Waals surface area contributed by atoms with Crippen molar-refractivity contribution in [3.05, 3.63) is 30.1 Å². The highest BCUT2D eigenvalue weighted by molar-refractivity contribution is 7.97. The molecule has 0 radical (unpaired) electrons. The fourth-order valence-electron chi connectivity index (χ4n) is 3.53. The number of fused-ring (bicyclic) bond motifs is 1. The molecule has 0 spiro atoms. The second-order valence-corrected chi connectivity index (χ2v) is 7.66. The largest absolute Gasteiger partial charge is 0.355 e. The van der Waals surface area contributed by atoms with Gasteiger partial charge < -0.3 is 20.5 Å². The number of imidazole rings is 1. The van der Waals surface area contributed by atoms with E-state index in [2.05, 4.69) is 10.3 Å². The Morgan fingerprint density at radius 1 is 1.31 bits per heavy atom. The van der Waals surface area contributed by atoms with Gasteiger partial charge in [-0.15, -0.1) is 24.8 Å². The molecule has 1 unspecified atom stereocenters. The van der Waals surface area contributed by atoms with Gasteiger partial charge in [-0.1, -0.05) is 12.1 Å². The van der Waals surface area contributed by atoms with E-state index in [1.54, 1.807) is 11.8 Å². The van der Waals surface area contributed by atoms with Gasteiger partial charge >= 0.3 is 0 Å². The van der Waals surface area contributed by atoms with E-state index in [0.29, 0.717) is 26.2 Å². The van der Waals surface area contributed by atoms with Crippen molar-refractivity contribution in [1.29, 1.82) is 0 Å². The molecule has 0 aliphatic carbocycles. The van der Waals surface area contributed by atoms with Gasteiger partial charge in [-0.3, -0.25) is 9.59 Å². The van der Waals surface area contributed by atoms with E-state index in [-0.39, 0.29) is 49.1 Å². The smallest absolute Gasteiger partial charge is 0.242 e. The van der Waals surface area contributed by atoms with E-state index < -0.39 is 0 Å². The molecule has 1 saturated heterocycles. The van der Waals surface area contributed by atoms with Gasteiger partial charge in [0.05, 0.1) is 22.7 Å². The maximum atomic E-state index is 13.0. The average Bonchev–Trinajstić information content (AvgIpc) is 3.03. The van der Waals surface area contributed by atoms with Gasteiger partial charge in [0.2, 0.25) is 11.8 Å². The number of nitrogens with one attached hydrogen (secondary N) is 1. The number of carbonyl (C=O) groups is 2. The summed E-state index contributed by atoms with van der Waals surface area (Å²) in [7, 11) is 0. The van der Waals surface area contributed by atoms with E-state index in [9.17, 15) is 9.59 Å². The Morgan fingerprint density at radius 3 is 2.79 bits per heavy atom. The van der Waals surface area contributed by atoms with Crippen LogP contribution in [0.1, 0.15) is 18.7 Å². The topological polar surface area (TPSA) is 93.2 Å². The number of piperidine rings is 1. The number of likely N-dealkylation sites (tertiary alicyclic amines) is 1. The van der Waals surface area contributed by atoms with E-state index >= 15 is 0 Å².